The van der Waals surface area contributed by atoms with Gasteiger partial charge in [0.15, 0.2) is 0 Å². The van der Waals surface area contributed by atoms with Crippen molar-refractivity contribution in [3.05, 3.63) is 27.0 Å². The average Bonchev–Trinajstić information content (AvgIpc) is 2.95. The van der Waals surface area contributed by atoms with Crippen LogP contribution in [-0.2, 0) is 4.79 Å². The van der Waals surface area contributed by atoms with E-state index in [0.717, 1.165) is 12.8 Å². The molecule has 2 heterocycles. The number of hydrogen-bond acceptors (Lipinski definition) is 5. The molecule has 7 nitrogen and oxygen atoms in total. The molecular formula is C13H14BrN3O4. The van der Waals surface area contributed by atoms with Crippen LogP contribution in [0.25, 0.3) is 0 Å². The van der Waals surface area contributed by atoms with E-state index in [0.29, 0.717) is 29.7 Å². The summed E-state index contributed by atoms with van der Waals surface area (Å²) in [6.07, 6.45) is 5.12. The summed E-state index contributed by atoms with van der Waals surface area (Å²) in [5, 5.41) is 20.8. The van der Waals surface area contributed by atoms with E-state index in [1.165, 1.54) is 12.4 Å². The summed E-state index contributed by atoms with van der Waals surface area (Å²) >= 11 is 3.30. The number of nitro groups is 1. The molecule has 2 atom stereocenters. The lowest BCUT2D eigenvalue weighted by Crippen LogP contribution is -2.35. The first-order valence-electron chi connectivity index (χ1n) is 6.72. The van der Waals surface area contributed by atoms with E-state index < -0.39 is 16.3 Å². The Kier molecular flexibility index (Phi) is 3.35. The highest BCUT2D eigenvalue weighted by Crippen LogP contribution is 2.51. The molecule has 1 aliphatic heterocycles. The molecule has 3 rings (SSSR count). The Bertz CT molecular complexity index is 623. The first-order chi connectivity index (χ1) is 9.95. The van der Waals surface area contributed by atoms with Crippen molar-refractivity contribution in [2.75, 3.05) is 18.0 Å². The van der Waals surface area contributed by atoms with Gasteiger partial charge in [-0.2, -0.15) is 0 Å². The van der Waals surface area contributed by atoms with Gasteiger partial charge in [-0.25, -0.2) is 0 Å². The van der Waals surface area contributed by atoms with Gasteiger partial charge in [0.25, 0.3) is 0 Å². The van der Waals surface area contributed by atoms with Crippen molar-refractivity contribution in [1.29, 1.82) is 0 Å². The van der Waals surface area contributed by atoms with Crippen molar-refractivity contribution in [3.8, 4) is 0 Å². The van der Waals surface area contributed by atoms with Gasteiger partial charge in [0.2, 0.25) is 0 Å². The highest BCUT2D eigenvalue weighted by Gasteiger charge is 2.55. The molecule has 21 heavy (non-hydrogen) atoms. The highest BCUT2D eigenvalue weighted by molar-refractivity contribution is 9.10. The Balaban J connectivity index is 2.01. The third-order valence-electron chi connectivity index (χ3n) is 4.66. The van der Waals surface area contributed by atoms with Gasteiger partial charge in [-0.3, -0.25) is 19.9 Å². The van der Waals surface area contributed by atoms with Gasteiger partial charge in [-0.15, -0.1) is 0 Å². The third kappa shape index (κ3) is 2.08. The number of nitrogens with zero attached hydrogens (tertiary/aromatic N) is 3. The van der Waals surface area contributed by atoms with E-state index in [9.17, 15) is 20.0 Å². The number of carbonyl (C=O) groups is 1. The Morgan fingerprint density at radius 2 is 2.33 bits per heavy atom. The van der Waals surface area contributed by atoms with Crippen LogP contribution < -0.4 is 4.90 Å². The lowest BCUT2D eigenvalue weighted by Gasteiger charge is -2.24. The fourth-order valence-corrected chi connectivity index (χ4v) is 4.25. The predicted molar refractivity (Wildman–Crippen MR) is 78.2 cm³/mol. The molecule has 2 fully saturated rings. The largest absolute Gasteiger partial charge is 0.481 e. The van der Waals surface area contributed by atoms with E-state index >= 15 is 0 Å². The highest BCUT2D eigenvalue weighted by atomic mass is 79.9. The van der Waals surface area contributed by atoms with Crippen LogP contribution in [0.2, 0.25) is 0 Å². The van der Waals surface area contributed by atoms with Crippen LogP contribution in [0.1, 0.15) is 19.3 Å². The van der Waals surface area contributed by atoms with Crippen LogP contribution in [0.5, 0.6) is 0 Å². The molecule has 1 saturated heterocycles. The molecule has 1 aromatic heterocycles. The summed E-state index contributed by atoms with van der Waals surface area (Å²) in [7, 11) is 0. The first kappa shape index (κ1) is 14.2. The summed E-state index contributed by atoms with van der Waals surface area (Å²) < 4.78 is 0.525. The molecular weight excluding hydrogens is 342 g/mol. The second-order valence-corrected chi connectivity index (χ2v) is 6.53. The third-order valence-corrected chi connectivity index (χ3v) is 5.24. The quantitative estimate of drug-likeness (QED) is 0.660. The number of rotatable bonds is 3. The monoisotopic (exact) mass is 355 g/mol. The number of hydrogen-bond donors (Lipinski definition) is 1. The number of carboxylic acid groups (broad SMARTS) is 1. The minimum Gasteiger partial charge on any atom is -0.481 e. The minimum absolute atomic E-state index is 0.0506. The average molecular weight is 356 g/mol. The molecule has 112 valence electrons. The smallest absolute Gasteiger partial charge is 0.311 e. The molecule has 0 amide bonds. The fraction of sp³-hybridized carbons (Fsp3) is 0.538. The van der Waals surface area contributed by atoms with Gasteiger partial charge < -0.3 is 10.0 Å². The van der Waals surface area contributed by atoms with Gasteiger partial charge >= 0.3 is 11.7 Å². The number of carboxylic acids is 1. The molecule has 1 N–H and O–H groups in total. The summed E-state index contributed by atoms with van der Waals surface area (Å²) in [5.41, 5.74) is -0.425. The topological polar surface area (TPSA) is 96.6 Å². The summed E-state index contributed by atoms with van der Waals surface area (Å²) in [6, 6.07) is 0. The van der Waals surface area contributed by atoms with Gasteiger partial charge in [0, 0.05) is 19.3 Å². The van der Waals surface area contributed by atoms with E-state index in [-0.39, 0.29) is 11.6 Å². The second-order valence-electron chi connectivity index (χ2n) is 5.68. The zero-order chi connectivity index (χ0) is 15.2. The van der Waals surface area contributed by atoms with Crippen LogP contribution in [0, 0.1) is 21.4 Å². The van der Waals surface area contributed by atoms with Gasteiger partial charge in [-0.05, 0) is 34.7 Å². The van der Waals surface area contributed by atoms with Crippen LogP contribution in [-0.4, -0.2) is 34.1 Å². The van der Waals surface area contributed by atoms with Crippen molar-refractivity contribution in [3.63, 3.8) is 0 Å². The zero-order valence-electron chi connectivity index (χ0n) is 11.2. The molecule has 8 heteroatoms. The standard InChI is InChI=1S/C13H14BrN3O4/c14-9-4-15-5-10(17(20)21)11(9)16-6-8-2-1-3-13(8,7-16)12(18)19/h4-5,8H,1-3,6-7H2,(H,18,19)/t8-,13+/m0/s1. The number of anilines is 1. The van der Waals surface area contributed by atoms with E-state index in [4.69, 9.17) is 0 Å². The SMILES string of the molecule is O=C(O)[C@@]12CCC[C@H]1CN(c1c(Br)cncc1[N+](=O)[O-])C2. The van der Waals surface area contributed by atoms with Crippen molar-refractivity contribution in [2.24, 2.45) is 11.3 Å². The van der Waals surface area contributed by atoms with E-state index in [2.05, 4.69) is 20.9 Å². The van der Waals surface area contributed by atoms with Gasteiger partial charge in [0.1, 0.15) is 11.9 Å². The molecule has 0 spiro atoms. The summed E-state index contributed by atoms with van der Waals surface area (Å²) in [4.78, 5) is 28.1. The Labute approximate surface area is 129 Å². The number of halogens is 1. The van der Waals surface area contributed by atoms with Crippen molar-refractivity contribution in [1.82, 2.24) is 4.98 Å². The van der Waals surface area contributed by atoms with Crippen LogP contribution >= 0.6 is 15.9 Å². The number of pyridine rings is 1. The van der Waals surface area contributed by atoms with Crippen molar-refractivity contribution >= 4 is 33.3 Å². The lowest BCUT2D eigenvalue weighted by molar-refractivity contribution is -0.384. The fourth-order valence-electron chi connectivity index (χ4n) is 3.67. The predicted octanol–water partition coefficient (Wildman–Crippen LogP) is 2.44. The Morgan fingerprint density at radius 1 is 1.57 bits per heavy atom. The maximum absolute atomic E-state index is 11.7. The number of fused-ring (bicyclic) bond motifs is 1. The maximum Gasteiger partial charge on any atom is 0.311 e. The van der Waals surface area contributed by atoms with E-state index in [1.807, 2.05) is 4.90 Å². The molecule has 1 aliphatic carbocycles. The molecule has 2 aliphatic rings. The maximum atomic E-state index is 11.7. The Morgan fingerprint density at radius 3 is 2.95 bits per heavy atom. The van der Waals surface area contributed by atoms with Gasteiger partial charge in [-0.1, -0.05) is 6.42 Å². The van der Waals surface area contributed by atoms with E-state index in [1.54, 1.807) is 0 Å². The Hall–Kier alpha value is -1.70. The lowest BCUT2D eigenvalue weighted by atomic mass is 9.81. The first-order valence-corrected chi connectivity index (χ1v) is 7.51. The van der Waals surface area contributed by atoms with Gasteiger partial charge in [0.05, 0.1) is 14.8 Å². The molecule has 0 aromatic carbocycles. The van der Waals surface area contributed by atoms with Crippen LogP contribution in [0.15, 0.2) is 16.9 Å². The molecule has 0 radical (unpaired) electrons. The molecule has 0 unspecified atom stereocenters. The van der Waals surface area contributed by atoms with Crippen LogP contribution in [0.3, 0.4) is 0 Å². The number of aromatic nitrogens is 1. The minimum atomic E-state index is -0.791. The second kappa shape index (κ2) is 4.94. The summed E-state index contributed by atoms with van der Waals surface area (Å²) in [5.74, 6) is -0.741. The number of aliphatic carboxylic acids is 1. The van der Waals surface area contributed by atoms with Crippen molar-refractivity contribution in [2.45, 2.75) is 19.3 Å². The molecule has 1 saturated carbocycles. The molecule has 0 bridgehead atoms. The summed E-state index contributed by atoms with van der Waals surface area (Å²) in [6.45, 7) is 0.853. The normalized spacial score (nSPS) is 27.7. The zero-order valence-corrected chi connectivity index (χ0v) is 12.7. The van der Waals surface area contributed by atoms with Crippen LogP contribution in [0.4, 0.5) is 11.4 Å². The van der Waals surface area contributed by atoms with Crippen molar-refractivity contribution < 1.29 is 14.8 Å². The molecule has 1 aromatic rings.